The van der Waals surface area contributed by atoms with Crippen molar-refractivity contribution in [2.75, 3.05) is 0 Å². The van der Waals surface area contributed by atoms with E-state index in [0.717, 1.165) is 16.7 Å². The van der Waals surface area contributed by atoms with Crippen LogP contribution in [0.3, 0.4) is 0 Å². The van der Waals surface area contributed by atoms with Crippen LogP contribution in [0.4, 0.5) is 4.39 Å². The van der Waals surface area contributed by atoms with Crippen LogP contribution < -0.4 is 5.73 Å². The van der Waals surface area contributed by atoms with Crippen molar-refractivity contribution in [1.29, 1.82) is 0 Å². The summed E-state index contributed by atoms with van der Waals surface area (Å²) in [5.41, 5.74) is 8.85. The van der Waals surface area contributed by atoms with Gasteiger partial charge in [-0.3, -0.25) is 0 Å². The van der Waals surface area contributed by atoms with Gasteiger partial charge in [0.1, 0.15) is 5.82 Å². The minimum Gasteiger partial charge on any atom is -0.320 e. The number of nitrogens with two attached hydrogens (primary N) is 1. The van der Waals surface area contributed by atoms with Gasteiger partial charge < -0.3 is 5.73 Å². The van der Waals surface area contributed by atoms with Gasteiger partial charge in [0.25, 0.3) is 0 Å². The van der Waals surface area contributed by atoms with E-state index in [0.29, 0.717) is 5.02 Å². The summed E-state index contributed by atoms with van der Waals surface area (Å²) in [6.07, 6.45) is 0. The molecule has 2 N–H and O–H groups in total. The second-order valence-electron chi connectivity index (χ2n) is 4.03. The second-order valence-corrected chi connectivity index (χ2v) is 4.47. The molecule has 0 aromatic heterocycles. The molecule has 2 aromatic carbocycles. The zero-order chi connectivity index (χ0) is 12.4. The van der Waals surface area contributed by atoms with Crippen LogP contribution in [0.1, 0.15) is 22.7 Å². The Bertz CT molecular complexity index is 539. The predicted octanol–water partition coefficient (Wildman–Crippen LogP) is 3.84. The van der Waals surface area contributed by atoms with Gasteiger partial charge >= 0.3 is 0 Å². The van der Waals surface area contributed by atoms with Crippen molar-refractivity contribution < 1.29 is 4.39 Å². The molecule has 0 saturated heterocycles. The zero-order valence-electron chi connectivity index (χ0n) is 9.45. The highest BCUT2D eigenvalue weighted by atomic mass is 35.5. The van der Waals surface area contributed by atoms with Crippen molar-refractivity contribution in [3.8, 4) is 0 Å². The molecule has 0 aliphatic heterocycles. The fourth-order valence-corrected chi connectivity index (χ4v) is 2.09. The molecule has 1 unspecified atom stereocenters. The highest BCUT2D eigenvalue weighted by Gasteiger charge is 2.12. The summed E-state index contributed by atoms with van der Waals surface area (Å²) in [5.74, 6) is -0.274. The first-order chi connectivity index (χ1) is 8.08. The summed E-state index contributed by atoms with van der Waals surface area (Å²) in [7, 11) is 0. The average molecular weight is 250 g/mol. The lowest BCUT2D eigenvalue weighted by Gasteiger charge is -2.15. The van der Waals surface area contributed by atoms with Gasteiger partial charge in [0, 0.05) is 5.02 Å². The quantitative estimate of drug-likeness (QED) is 0.860. The Balaban J connectivity index is 2.40. The van der Waals surface area contributed by atoms with Crippen LogP contribution >= 0.6 is 11.6 Å². The van der Waals surface area contributed by atoms with Gasteiger partial charge in [-0.25, -0.2) is 4.39 Å². The predicted molar refractivity (Wildman–Crippen MR) is 68.6 cm³/mol. The van der Waals surface area contributed by atoms with Crippen molar-refractivity contribution in [2.24, 2.45) is 5.73 Å². The van der Waals surface area contributed by atoms with Crippen molar-refractivity contribution in [3.05, 3.63) is 70.0 Å². The van der Waals surface area contributed by atoms with E-state index in [9.17, 15) is 4.39 Å². The Kier molecular flexibility index (Phi) is 3.46. The second kappa shape index (κ2) is 4.86. The van der Waals surface area contributed by atoms with Gasteiger partial charge in [-0.15, -0.1) is 0 Å². The molecule has 0 radical (unpaired) electrons. The molecule has 3 heteroatoms. The van der Waals surface area contributed by atoms with Crippen LogP contribution in [0.5, 0.6) is 0 Å². The Morgan fingerprint density at radius 1 is 1.18 bits per heavy atom. The van der Waals surface area contributed by atoms with E-state index in [1.54, 1.807) is 12.1 Å². The van der Waals surface area contributed by atoms with Gasteiger partial charge in [0.2, 0.25) is 0 Å². The summed E-state index contributed by atoms with van der Waals surface area (Å²) >= 11 is 5.89. The number of aryl methyl sites for hydroxylation is 1. The lowest BCUT2D eigenvalue weighted by atomic mass is 9.96. The lowest BCUT2D eigenvalue weighted by molar-refractivity contribution is 0.623. The minimum atomic E-state index is -0.331. The molecule has 17 heavy (non-hydrogen) atoms. The topological polar surface area (TPSA) is 26.0 Å². The number of benzene rings is 2. The Labute approximate surface area is 105 Å². The summed E-state index contributed by atoms with van der Waals surface area (Å²) in [6.45, 7) is 1.94. The highest BCUT2D eigenvalue weighted by Crippen LogP contribution is 2.25. The molecule has 1 atom stereocenters. The maximum atomic E-state index is 13.1. The van der Waals surface area contributed by atoms with Gasteiger partial charge in [-0.2, -0.15) is 0 Å². The summed E-state index contributed by atoms with van der Waals surface area (Å²) in [5, 5.41) is 0.678. The first-order valence-corrected chi connectivity index (χ1v) is 5.73. The van der Waals surface area contributed by atoms with E-state index in [1.165, 1.54) is 12.1 Å². The van der Waals surface area contributed by atoms with E-state index < -0.39 is 0 Å². The average Bonchev–Trinajstić information content (AvgIpc) is 2.28. The lowest BCUT2D eigenvalue weighted by Crippen LogP contribution is -2.13. The van der Waals surface area contributed by atoms with Gasteiger partial charge in [-0.1, -0.05) is 29.8 Å². The fraction of sp³-hybridized carbons (Fsp3) is 0.143. The zero-order valence-corrected chi connectivity index (χ0v) is 10.2. The largest absolute Gasteiger partial charge is 0.320 e. The number of halogens is 2. The number of rotatable bonds is 2. The maximum Gasteiger partial charge on any atom is 0.123 e. The smallest absolute Gasteiger partial charge is 0.123 e. The monoisotopic (exact) mass is 249 g/mol. The van der Waals surface area contributed by atoms with Crippen LogP contribution in [0.15, 0.2) is 42.5 Å². The number of hydrogen-bond acceptors (Lipinski definition) is 1. The molecule has 1 nitrogen and oxygen atoms in total. The Hall–Kier alpha value is -1.38. The first kappa shape index (κ1) is 12.1. The van der Waals surface area contributed by atoms with Crippen LogP contribution in [-0.2, 0) is 0 Å². The molecule has 0 saturated carbocycles. The van der Waals surface area contributed by atoms with Crippen LogP contribution in [0.25, 0.3) is 0 Å². The van der Waals surface area contributed by atoms with E-state index in [2.05, 4.69) is 0 Å². The molecule has 0 aliphatic rings. The molecule has 2 aromatic rings. The van der Waals surface area contributed by atoms with E-state index in [1.807, 2.05) is 25.1 Å². The van der Waals surface area contributed by atoms with Gasteiger partial charge in [-0.05, 0) is 47.9 Å². The summed E-state index contributed by atoms with van der Waals surface area (Å²) in [6, 6.07) is 11.6. The molecule has 0 fully saturated rings. The first-order valence-electron chi connectivity index (χ1n) is 5.35. The van der Waals surface area contributed by atoms with E-state index in [-0.39, 0.29) is 11.9 Å². The summed E-state index contributed by atoms with van der Waals surface area (Å²) in [4.78, 5) is 0. The van der Waals surface area contributed by atoms with Crippen LogP contribution in [0, 0.1) is 12.7 Å². The van der Waals surface area contributed by atoms with Crippen molar-refractivity contribution in [1.82, 2.24) is 0 Å². The normalized spacial score (nSPS) is 12.5. The highest BCUT2D eigenvalue weighted by molar-refractivity contribution is 6.30. The third-order valence-corrected chi connectivity index (χ3v) is 3.01. The molecular formula is C14H13ClFN. The molecule has 0 bridgehead atoms. The fourth-order valence-electron chi connectivity index (χ4n) is 1.87. The van der Waals surface area contributed by atoms with Crippen LogP contribution in [0.2, 0.25) is 5.02 Å². The van der Waals surface area contributed by atoms with Crippen molar-refractivity contribution >= 4 is 11.6 Å². The molecule has 2 rings (SSSR count). The third-order valence-electron chi connectivity index (χ3n) is 2.77. The van der Waals surface area contributed by atoms with Gasteiger partial charge in [0.15, 0.2) is 0 Å². The Morgan fingerprint density at radius 2 is 1.94 bits per heavy atom. The number of hydrogen-bond donors (Lipinski definition) is 1. The molecule has 0 heterocycles. The van der Waals surface area contributed by atoms with Crippen molar-refractivity contribution in [2.45, 2.75) is 13.0 Å². The van der Waals surface area contributed by atoms with Crippen molar-refractivity contribution in [3.63, 3.8) is 0 Å². The molecular weight excluding hydrogens is 237 g/mol. The molecule has 88 valence electrons. The minimum absolute atomic E-state index is 0.274. The van der Waals surface area contributed by atoms with E-state index >= 15 is 0 Å². The maximum absolute atomic E-state index is 13.1. The van der Waals surface area contributed by atoms with Gasteiger partial charge in [0.05, 0.1) is 6.04 Å². The molecule has 0 spiro atoms. The third kappa shape index (κ3) is 2.65. The molecule has 0 aliphatic carbocycles. The van der Waals surface area contributed by atoms with E-state index in [4.69, 9.17) is 17.3 Å². The van der Waals surface area contributed by atoms with Crippen LogP contribution in [-0.4, -0.2) is 0 Å². The SMILES string of the molecule is Cc1cc(Cl)ccc1C(N)c1cccc(F)c1. The summed E-state index contributed by atoms with van der Waals surface area (Å²) < 4.78 is 13.1. The molecule has 0 amide bonds. The standard InChI is InChI=1S/C14H13ClFN/c1-9-7-11(15)5-6-13(9)14(17)10-3-2-4-12(16)8-10/h2-8,14H,17H2,1H3. The Morgan fingerprint density at radius 3 is 2.59 bits per heavy atom.